The summed E-state index contributed by atoms with van der Waals surface area (Å²) in [7, 11) is 0. The highest BCUT2D eigenvalue weighted by molar-refractivity contribution is 7.80. The van der Waals surface area contributed by atoms with Crippen molar-refractivity contribution in [1.29, 1.82) is 0 Å². The zero-order chi connectivity index (χ0) is 14.7. The van der Waals surface area contributed by atoms with Gasteiger partial charge in [0.05, 0.1) is 18.9 Å². The van der Waals surface area contributed by atoms with E-state index in [4.69, 9.17) is 21.7 Å². The third-order valence-corrected chi connectivity index (χ3v) is 3.22. The minimum atomic E-state index is -0.301. The van der Waals surface area contributed by atoms with E-state index in [1.54, 1.807) is 25.1 Å². The van der Waals surface area contributed by atoms with Gasteiger partial charge in [0.25, 0.3) is 5.91 Å². The van der Waals surface area contributed by atoms with Crippen molar-refractivity contribution < 1.29 is 14.3 Å². The fourth-order valence-electron chi connectivity index (χ4n) is 2.03. The van der Waals surface area contributed by atoms with Crippen LogP contribution in [0.2, 0.25) is 0 Å². The van der Waals surface area contributed by atoms with Crippen LogP contribution in [-0.4, -0.2) is 30.3 Å². The van der Waals surface area contributed by atoms with Crippen LogP contribution >= 0.6 is 12.2 Å². The maximum absolute atomic E-state index is 12.1. The molecule has 1 aliphatic heterocycles. The second-order valence-corrected chi connectivity index (χ2v) is 4.73. The van der Waals surface area contributed by atoms with Crippen LogP contribution in [0.3, 0.4) is 0 Å². The molecule has 0 saturated carbocycles. The Bertz CT molecular complexity index is 533. The number of benzene rings is 1. The minimum absolute atomic E-state index is 0.0680. The lowest BCUT2D eigenvalue weighted by Gasteiger charge is -2.18. The third-order valence-electron chi connectivity index (χ3n) is 2.92. The summed E-state index contributed by atoms with van der Waals surface area (Å²) in [5.41, 5.74) is 0.684. The van der Waals surface area contributed by atoms with Crippen molar-refractivity contribution in [2.24, 2.45) is 0 Å². The quantitative estimate of drug-likeness (QED) is 0.843. The molecular formula is C14H18N2O3S. The van der Waals surface area contributed by atoms with Crippen LogP contribution in [0, 0.1) is 0 Å². The molecule has 0 aliphatic carbocycles. The molecule has 1 N–H and O–H groups in total. The van der Waals surface area contributed by atoms with Crippen LogP contribution in [0.5, 0.6) is 11.5 Å². The van der Waals surface area contributed by atoms with Gasteiger partial charge in [-0.05, 0) is 45.1 Å². The van der Waals surface area contributed by atoms with Crippen molar-refractivity contribution in [3.05, 3.63) is 18.2 Å². The molecule has 0 spiro atoms. The lowest BCUT2D eigenvalue weighted by atomic mass is 10.2. The highest BCUT2D eigenvalue weighted by atomic mass is 32.1. The number of nitrogens with one attached hydrogen (secondary N) is 1. The van der Waals surface area contributed by atoms with Crippen molar-refractivity contribution >= 4 is 28.9 Å². The Morgan fingerprint density at radius 2 is 1.90 bits per heavy atom. The molecule has 1 fully saturated rings. The topological polar surface area (TPSA) is 50.8 Å². The van der Waals surface area contributed by atoms with Crippen LogP contribution in [0.4, 0.5) is 5.69 Å². The average molecular weight is 294 g/mol. The highest BCUT2D eigenvalue weighted by Gasteiger charge is 2.33. The van der Waals surface area contributed by atoms with Crippen LogP contribution in [0.1, 0.15) is 20.8 Å². The molecule has 6 heteroatoms. The van der Waals surface area contributed by atoms with E-state index in [2.05, 4.69) is 5.32 Å². The SMILES string of the molecule is CCOc1ccc(N2C(=O)[C@H](C)NC2=S)cc1OCC. The molecule has 1 saturated heterocycles. The number of hydrogen-bond acceptors (Lipinski definition) is 4. The lowest BCUT2D eigenvalue weighted by molar-refractivity contribution is -0.117. The number of rotatable bonds is 5. The molecule has 1 atom stereocenters. The maximum Gasteiger partial charge on any atom is 0.255 e. The number of carbonyl (C=O) groups is 1. The number of nitrogens with zero attached hydrogens (tertiary/aromatic N) is 1. The summed E-state index contributed by atoms with van der Waals surface area (Å²) in [5, 5.41) is 3.35. The third kappa shape index (κ3) is 2.70. The lowest BCUT2D eigenvalue weighted by Crippen LogP contribution is -2.30. The van der Waals surface area contributed by atoms with Crippen molar-refractivity contribution in [2.45, 2.75) is 26.8 Å². The van der Waals surface area contributed by atoms with Crippen LogP contribution < -0.4 is 19.7 Å². The van der Waals surface area contributed by atoms with E-state index < -0.39 is 0 Å². The molecule has 2 rings (SSSR count). The number of ether oxygens (including phenoxy) is 2. The van der Waals surface area contributed by atoms with E-state index in [1.165, 1.54) is 4.90 Å². The van der Waals surface area contributed by atoms with Crippen LogP contribution in [0.15, 0.2) is 18.2 Å². The molecule has 1 aromatic carbocycles. The van der Waals surface area contributed by atoms with E-state index in [1.807, 2.05) is 13.8 Å². The van der Waals surface area contributed by atoms with Gasteiger partial charge in [-0.3, -0.25) is 9.69 Å². The van der Waals surface area contributed by atoms with Gasteiger partial charge in [-0.25, -0.2) is 0 Å². The first-order valence-electron chi connectivity index (χ1n) is 6.62. The summed E-state index contributed by atoms with van der Waals surface area (Å²) in [6, 6.07) is 5.07. The molecule has 1 aliphatic rings. The first-order valence-corrected chi connectivity index (χ1v) is 7.03. The second-order valence-electron chi connectivity index (χ2n) is 4.34. The predicted octanol–water partition coefficient (Wildman–Crippen LogP) is 2.09. The Morgan fingerprint density at radius 3 is 2.45 bits per heavy atom. The molecule has 1 aromatic rings. The summed E-state index contributed by atoms with van der Waals surface area (Å²) < 4.78 is 11.1. The van der Waals surface area contributed by atoms with Gasteiger partial charge in [-0.15, -0.1) is 0 Å². The largest absolute Gasteiger partial charge is 0.490 e. The summed E-state index contributed by atoms with van der Waals surface area (Å²) in [6.07, 6.45) is 0. The van der Waals surface area contributed by atoms with Crippen LogP contribution in [0.25, 0.3) is 0 Å². The first-order chi connectivity index (χ1) is 9.58. The Kier molecular flexibility index (Phi) is 4.44. The van der Waals surface area contributed by atoms with Gasteiger partial charge in [0.2, 0.25) is 0 Å². The van der Waals surface area contributed by atoms with E-state index in [0.717, 1.165) is 0 Å². The number of hydrogen-bond donors (Lipinski definition) is 1. The molecular weight excluding hydrogens is 276 g/mol. The summed E-state index contributed by atoms with van der Waals surface area (Å²) in [5.74, 6) is 1.21. The van der Waals surface area contributed by atoms with Gasteiger partial charge in [-0.1, -0.05) is 0 Å². The maximum atomic E-state index is 12.1. The average Bonchev–Trinajstić information content (AvgIpc) is 2.66. The molecule has 0 radical (unpaired) electrons. The van der Waals surface area contributed by atoms with Crippen LogP contribution in [-0.2, 0) is 4.79 Å². The number of anilines is 1. The molecule has 20 heavy (non-hydrogen) atoms. The smallest absolute Gasteiger partial charge is 0.255 e. The van der Waals surface area contributed by atoms with E-state index in [0.29, 0.717) is 35.5 Å². The van der Waals surface area contributed by atoms with Gasteiger partial charge in [-0.2, -0.15) is 0 Å². The minimum Gasteiger partial charge on any atom is -0.490 e. The van der Waals surface area contributed by atoms with Crippen molar-refractivity contribution in [2.75, 3.05) is 18.1 Å². The van der Waals surface area contributed by atoms with Gasteiger partial charge in [0.1, 0.15) is 6.04 Å². The highest BCUT2D eigenvalue weighted by Crippen LogP contribution is 2.33. The summed E-state index contributed by atoms with van der Waals surface area (Å²) in [6.45, 7) is 6.67. The van der Waals surface area contributed by atoms with Gasteiger partial charge < -0.3 is 14.8 Å². The first kappa shape index (κ1) is 14.6. The van der Waals surface area contributed by atoms with Gasteiger partial charge in [0, 0.05) is 6.07 Å². The molecule has 1 amide bonds. The molecule has 5 nitrogen and oxygen atoms in total. The van der Waals surface area contributed by atoms with E-state index in [-0.39, 0.29) is 11.9 Å². The normalized spacial score (nSPS) is 18.1. The van der Waals surface area contributed by atoms with Crippen molar-refractivity contribution in [1.82, 2.24) is 5.32 Å². The molecule has 0 bridgehead atoms. The molecule has 108 valence electrons. The zero-order valence-corrected chi connectivity index (χ0v) is 12.6. The summed E-state index contributed by atoms with van der Waals surface area (Å²) >= 11 is 5.19. The molecule has 1 heterocycles. The second kappa shape index (κ2) is 6.09. The van der Waals surface area contributed by atoms with Crippen molar-refractivity contribution in [3.63, 3.8) is 0 Å². The van der Waals surface area contributed by atoms with Crippen molar-refractivity contribution in [3.8, 4) is 11.5 Å². The monoisotopic (exact) mass is 294 g/mol. The number of thiocarbonyl (C=S) groups is 1. The Labute approximate surface area is 123 Å². The number of carbonyl (C=O) groups excluding carboxylic acids is 1. The van der Waals surface area contributed by atoms with E-state index >= 15 is 0 Å². The summed E-state index contributed by atoms with van der Waals surface area (Å²) in [4.78, 5) is 13.6. The Hall–Kier alpha value is -1.82. The predicted molar refractivity (Wildman–Crippen MR) is 81.5 cm³/mol. The standard InChI is InChI=1S/C14H18N2O3S/c1-4-18-11-7-6-10(8-12(11)19-5-2)16-13(17)9(3)15-14(16)20/h6-9H,4-5H2,1-3H3,(H,15,20)/t9-/m0/s1. The fraction of sp³-hybridized carbons (Fsp3) is 0.429. The Balaban J connectivity index is 2.35. The molecule has 0 aromatic heterocycles. The fourth-order valence-corrected chi connectivity index (χ4v) is 2.40. The van der Waals surface area contributed by atoms with Gasteiger partial charge in [0.15, 0.2) is 16.6 Å². The zero-order valence-electron chi connectivity index (χ0n) is 11.8. The Morgan fingerprint density at radius 1 is 1.25 bits per heavy atom. The molecule has 0 unspecified atom stereocenters. The number of amides is 1. The van der Waals surface area contributed by atoms with E-state index in [9.17, 15) is 4.79 Å². The van der Waals surface area contributed by atoms with Gasteiger partial charge >= 0.3 is 0 Å².